The summed E-state index contributed by atoms with van der Waals surface area (Å²) in [5.74, 6) is 1.45. The summed E-state index contributed by atoms with van der Waals surface area (Å²) in [6.07, 6.45) is 1.95. The highest BCUT2D eigenvalue weighted by Gasteiger charge is 2.15. The Bertz CT molecular complexity index is 805. The number of aryl methyl sites for hydroxylation is 2. The molecule has 0 bridgehead atoms. The first-order valence-corrected chi connectivity index (χ1v) is 7.08. The number of imidazole rings is 1. The minimum Gasteiger partial charge on any atom is -0.493 e. The zero-order valence-electron chi connectivity index (χ0n) is 12.6. The number of aromatic nitrogens is 2. The van der Waals surface area contributed by atoms with E-state index in [2.05, 4.69) is 18.0 Å². The highest BCUT2D eigenvalue weighted by molar-refractivity contribution is 5.79. The average molecular weight is 281 g/mol. The molecule has 0 atom stereocenters. The summed E-state index contributed by atoms with van der Waals surface area (Å²) in [4.78, 5) is 4.69. The summed E-state index contributed by atoms with van der Waals surface area (Å²) in [6, 6.07) is 10.1. The van der Waals surface area contributed by atoms with E-state index >= 15 is 0 Å². The number of ether oxygens (including phenoxy) is 1. The first-order chi connectivity index (χ1) is 10.1. The van der Waals surface area contributed by atoms with Crippen LogP contribution in [0.15, 0.2) is 36.5 Å². The van der Waals surface area contributed by atoms with Gasteiger partial charge in [-0.05, 0) is 50.6 Å². The van der Waals surface area contributed by atoms with Gasteiger partial charge in [0.2, 0.25) is 0 Å². The van der Waals surface area contributed by atoms with E-state index in [-0.39, 0.29) is 0 Å². The van der Waals surface area contributed by atoms with Crippen molar-refractivity contribution in [2.24, 2.45) is 0 Å². The van der Waals surface area contributed by atoms with Crippen molar-refractivity contribution >= 4 is 11.5 Å². The Morgan fingerprint density at radius 1 is 1.14 bits per heavy atom. The zero-order chi connectivity index (χ0) is 15.0. The highest BCUT2D eigenvalue weighted by atomic mass is 16.5. The number of rotatable bonds is 3. The Balaban J connectivity index is 2.24. The second kappa shape index (κ2) is 5.13. The van der Waals surface area contributed by atoms with Gasteiger partial charge >= 0.3 is 0 Å². The van der Waals surface area contributed by atoms with Gasteiger partial charge in [0, 0.05) is 11.8 Å². The van der Waals surface area contributed by atoms with Crippen LogP contribution in [0, 0.1) is 13.8 Å². The molecule has 4 heteroatoms. The van der Waals surface area contributed by atoms with Crippen LogP contribution in [0.4, 0.5) is 5.82 Å². The van der Waals surface area contributed by atoms with E-state index in [1.807, 2.05) is 48.7 Å². The molecule has 2 heterocycles. The van der Waals surface area contributed by atoms with Crippen molar-refractivity contribution < 1.29 is 4.74 Å². The molecule has 0 spiro atoms. The highest BCUT2D eigenvalue weighted by Crippen LogP contribution is 2.34. The average Bonchev–Trinajstić information content (AvgIpc) is 2.77. The fourth-order valence-corrected chi connectivity index (χ4v) is 2.47. The molecule has 0 saturated heterocycles. The van der Waals surface area contributed by atoms with Crippen LogP contribution in [0.1, 0.15) is 18.1 Å². The lowest BCUT2D eigenvalue weighted by atomic mass is 10.1. The summed E-state index contributed by atoms with van der Waals surface area (Å²) in [5, 5.41) is 0. The fourth-order valence-electron chi connectivity index (χ4n) is 2.47. The van der Waals surface area contributed by atoms with Crippen molar-refractivity contribution in [2.45, 2.75) is 20.8 Å². The van der Waals surface area contributed by atoms with Crippen molar-refractivity contribution in [3.63, 3.8) is 0 Å². The third kappa shape index (κ3) is 2.33. The second-order valence-electron chi connectivity index (χ2n) is 5.21. The van der Waals surface area contributed by atoms with Crippen LogP contribution in [0.2, 0.25) is 0 Å². The number of nitrogen functional groups attached to an aromatic ring is 1. The van der Waals surface area contributed by atoms with Gasteiger partial charge in [-0.15, -0.1) is 0 Å². The van der Waals surface area contributed by atoms with E-state index in [1.165, 1.54) is 0 Å². The largest absolute Gasteiger partial charge is 0.493 e. The number of fused-ring (bicyclic) bond motifs is 1. The molecule has 0 fully saturated rings. The van der Waals surface area contributed by atoms with Crippen molar-refractivity contribution in [3.8, 4) is 17.0 Å². The van der Waals surface area contributed by atoms with Crippen LogP contribution in [0.25, 0.3) is 16.9 Å². The number of pyridine rings is 1. The summed E-state index contributed by atoms with van der Waals surface area (Å²) in [7, 11) is 0. The molecule has 21 heavy (non-hydrogen) atoms. The van der Waals surface area contributed by atoms with Crippen molar-refractivity contribution in [1.82, 2.24) is 9.38 Å². The smallest absolute Gasteiger partial charge is 0.139 e. The Labute approximate surface area is 124 Å². The molecular formula is C17H19N3O. The van der Waals surface area contributed by atoms with E-state index in [1.54, 1.807) is 0 Å². The maximum atomic E-state index is 6.28. The minimum absolute atomic E-state index is 0.614. The third-order valence-corrected chi connectivity index (χ3v) is 3.51. The molecule has 0 aliphatic carbocycles. The van der Waals surface area contributed by atoms with Gasteiger partial charge in [0.05, 0.1) is 6.61 Å². The number of hydrogen-bond donors (Lipinski definition) is 1. The molecule has 0 aliphatic rings. The molecule has 3 aromatic rings. The van der Waals surface area contributed by atoms with E-state index in [0.717, 1.165) is 33.8 Å². The van der Waals surface area contributed by atoms with Crippen LogP contribution < -0.4 is 10.5 Å². The zero-order valence-corrected chi connectivity index (χ0v) is 12.6. The summed E-state index contributed by atoms with van der Waals surface area (Å²) >= 11 is 0. The van der Waals surface area contributed by atoms with Crippen LogP contribution >= 0.6 is 0 Å². The molecule has 1 aromatic carbocycles. The number of nitrogens with zero attached hydrogens (tertiary/aromatic N) is 2. The Kier molecular flexibility index (Phi) is 3.29. The topological polar surface area (TPSA) is 52.5 Å². The van der Waals surface area contributed by atoms with Gasteiger partial charge in [0.1, 0.15) is 22.9 Å². The van der Waals surface area contributed by atoms with Crippen LogP contribution in [0.5, 0.6) is 5.75 Å². The van der Waals surface area contributed by atoms with Gasteiger partial charge in [-0.2, -0.15) is 0 Å². The molecule has 2 aromatic heterocycles. The summed E-state index contributed by atoms with van der Waals surface area (Å²) < 4.78 is 7.62. The normalized spacial score (nSPS) is 11.0. The number of nitrogens with two attached hydrogens (primary N) is 1. The SMILES string of the molecule is CCOc1ccc(C)cc1-c1nc2cc(C)ccn2c1N. The predicted molar refractivity (Wildman–Crippen MR) is 85.7 cm³/mol. The molecule has 108 valence electrons. The van der Waals surface area contributed by atoms with E-state index < -0.39 is 0 Å². The molecule has 0 radical (unpaired) electrons. The van der Waals surface area contributed by atoms with E-state index in [0.29, 0.717) is 12.4 Å². The summed E-state index contributed by atoms with van der Waals surface area (Å²) in [5.41, 5.74) is 11.2. The number of benzene rings is 1. The number of anilines is 1. The van der Waals surface area contributed by atoms with Crippen molar-refractivity contribution in [3.05, 3.63) is 47.7 Å². The number of hydrogen-bond acceptors (Lipinski definition) is 3. The monoisotopic (exact) mass is 281 g/mol. The first kappa shape index (κ1) is 13.5. The molecule has 0 amide bonds. The van der Waals surface area contributed by atoms with Gasteiger partial charge in [-0.1, -0.05) is 11.6 Å². The lowest BCUT2D eigenvalue weighted by Crippen LogP contribution is -1.97. The molecule has 0 saturated carbocycles. The van der Waals surface area contributed by atoms with Gasteiger partial charge < -0.3 is 10.5 Å². The second-order valence-corrected chi connectivity index (χ2v) is 5.21. The van der Waals surface area contributed by atoms with Crippen molar-refractivity contribution in [1.29, 1.82) is 0 Å². The Hall–Kier alpha value is -2.49. The molecule has 4 nitrogen and oxygen atoms in total. The fraction of sp³-hybridized carbons (Fsp3) is 0.235. The lowest BCUT2D eigenvalue weighted by Gasteiger charge is -2.10. The maximum Gasteiger partial charge on any atom is 0.139 e. The molecule has 3 rings (SSSR count). The Morgan fingerprint density at radius 3 is 2.67 bits per heavy atom. The van der Waals surface area contributed by atoms with Crippen LogP contribution in [0.3, 0.4) is 0 Å². The van der Waals surface area contributed by atoms with Crippen LogP contribution in [-0.4, -0.2) is 16.0 Å². The lowest BCUT2D eigenvalue weighted by molar-refractivity contribution is 0.341. The maximum absolute atomic E-state index is 6.28. The van der Waals surface area contributed by atoms with Gasteiger partial charge in [0.25, 0.3) is 0 Å². The van der Waals surface area contributed by atoms with Gasteiger partial charge in [0.15, 0.2) is 0 Å². The molecule has 2 N–H and O–H groups in total. The molecule has 0 unspecified atom stereocenters. The minimum atomic E-state index is 0.614. The van der Waals surface area contributed by atoms with Crippen molar-refractivity contribution in [2.75, 3.05) is 12.3 Å². The third-order valence-electron chi connectivity index (χ3n) is 3.51. The van der Waals surface area contributed by atoms with Gasteiger partial charge in [-0.3, -0.25) is 4.40 Å². The quantitative estimate of drug-likeness (QED) is 0.798. The first-order valence-electron chi connectivity index (χ1n) is 7.08. The Morgan fingerprint density at radius 2 is 1.90 bits per heavy atom. The molecular weight excluding hydrogens is 262 g/mol. The van der Waals surface area contributed by atoms with E-state index in [9.17, 15) is 0 Å². The van der Waals surface area contributed by atoms with Crippen LogP contribution in [-0.2, 0) is 0 Å². The predicted octanol–water partition coefficient (Wildman–Crippen LogP) is 3.60. The summed E-state index contributed by atoms with van der Waals surface area (Å²) in [6.45, 7) is 6.68. The van der Waals surface area contributed by atoms with Gasteiger partial charge in [-0.25, -0.2) is 4.98 Å². The standard InChI is InChI=1S/C17H19N3O/c1-4-21-14-6-5-11(2)9-13(14)16-17(18)20-8-7-12(3)10-15(20)19-16/h5-10H,4,18H2,1-3H3. The molecule has 0 aliphatic heterocycles. The van der Waals surface area contributed by atoms with E-state index in [4.69, 9.17) is 10.5 Å².